The quantitative estimate of drug-likeness (QED) is 0.197. The largest absolute Gasteiger partial charge is 0.497 e. The van der Waals surface area contributed by atoms with Gasteiger partial charge in [-0.15, -0.1) is 0 Å². The van der Waals surface area contributed by atoms with Crippen LogP contribution in [-0.4, -0.2) is 39.0 Å². The summed E-state index contributed by atoms with van der Waals surface area (Å²) in [5, 5.41) is 5.04. The predicted octanol–water partition coefficient (Wildman–Crippen LogP) is 3.42. The monoisotopic (exact) mass is 459 g/mol. The second-order valence-electron chi connectivity index (χ2n) is 7.01. The molecule has 2 aromatic heterocycles. The Kier molecular flexibility index (Phi) is 6.80. The molecule has 166 valence electrons. The summed E-state index contributed by atoms with van der Waals surface area (Å²) in [6, 6.07) is 17.9. The smallest absolute Gasteiger partial charge is 0.266 e. The molecule has 33 heavy (non-hydrogen) atoms. The van der Waals surface area contributed by atoms with Gasteiger partial charge in [0.1, 0.15) is 5.75 Å². The standard InChI is InChI=1S/C24H21N5O3S/c1-16(17-6-5-13-25-14-17)27-28-22(30)15-33-24-26-21-8-4-3-7-20(21)23(31)29(24)18-9-11-19(32-2)12-10-18/h3-14H,15H2,1-2H3,(H,28,30)/b27-16-. The molecule has 0 atom stereocenters. The Balaban J connectivity index is 1.60. The first-order valence-electron chi connectivity index (χ1n) is 10.1. The molecule has 8 nitrogen and oxygen atoms in total. The number of aromatic nitrogens is 3. The molecule has 0 unspecified atom stereocenters. The molecule has 9 heteroatoms. The summed E-state index contributed by atoms with van der Waals surface area (Å²) in [4.78, 5) is 34.4. The lowest BCUT2D eigenvalue weighted by Gasteiger charge is -2.13. The van der Waals surface area contributed by atoms with Crippen molar-refractivity contribution in [1.29, 1.82) is 0 Å². The molecule has 1 amide bonds. The minimum Gasteiger partial charge on any atom is -0.497 e. The number of hydrogen-bond acceptors (Lipinski definition) is 7. The molecule has 4 rings (SSSR count). The zero-order valence-electron chi connectivity index (χ0n) is 18.1. The summed E-state index contributed by atoms with van der Waals surface area (Å²) >= 11 is 1.16. The van der Waals surface area contributed by atoms with Gasteiger partial charge in [-0.1, -0.05) is 30.0 Å². The van der Waals surface area contributed by atoms with Crippen LogP contribution in [0, 0.1) is 0 Å². The molecule has 4 aromatic rings. The molecule has 0 aliphatic heterocycles. The second kappa shape index (κ2) is 10.1. The lowest BCUT2D eigenvalue weighted by atomic mass is 10.2. The lowest BCUT2D eigenvalue weighted by molar-refractivity contribution is -0.118. The van der Waals surface area contributed by atoms with Gasteiger partial charge >= 0.3 is 0 Å². The Labute approximate surface area is 194 Å². The van der Waals surface area contributed by atoms with E-state index in [0.717, 1.165) is 17.3 Å². The fourth-order valence-electron chi connectivity index (χ4n) is 3.12. The molecule has 0 aliphatic carbocycles. The number of rotatable bonds is 7. The van der Waals surface area contributed by atoms with Crippen LogP contribution in [0.3, 0.4) is 0 Å². The highest BCUT2D eigenvalue weighted by atomic mass is 32.2. The maximum atomic E-state index is 13.3. The Morgan fingerprint density at radius 3 is 2.64 bits per heavy atom. The topological polar surface area (TPSA) is 98.5 Å². The predicted molar refractivity (Wildman–Crippen MR) is 129 cm³/mol. The molecule has 0 spiro atoms. The Morgan fingerprint density at radius 2 is 1.91 bits per heavy atom. The zero-order valence-corrected chi connectivity index (χ0v) is 18.9. The van der Waals surface area contributed by atoms with Gasteiger partial charge < -0.3 is 4.74 Å². The van der Waals surface area contributed by atoms with E-state index in [2.05, 4.69) is 20.5 Å². The van der Waals surface area contributed by atoms with E-state index in [4.69, 9.17) is 4.74 Å². The van der Waals surface area contributed by atoms with E-state index < -0.39 is 0 Å². The number of thioether (sulfide) groups is 1. The number of benzene rings is 2. The van der Waals surface area contributed by atoms with E-state index in [1.807, 2.05) is 12.1 Å². The van der Waals surface area contributed by atoms with Crippen molar-refractivity contribution in [2.45, 2.75) is 12.1 Å². The number of para-hydroxylation sites is 1. The molecule has 0 saturated carbocycles. The van der Waals surface area contributed by atoms with Gasteiger partial charge in [-0.05, 0) is 49.4 Å². The van der Waals surface area contributed by atoms with Gasteiger partial charge in [0.2, 0.25) is 0 Å². The number of carbonyl (C=O) groups excluding carboxylic acids is 1. The number of hydrazone groups is 1. The van der Waals surface area contributed by atoms with E-state index in [1.165, 1.54) is 4.57 Å². The minimum absolute atomic E-state index is 0.0325. The minimum atomic E-state index is -0.313. The zero-order chi connectivity index (χ0) is 23.2. The van der Waals surface area contributed by atoms with Crippen LogP contribution in [0.25, 0.3) is 16.6 Å². The highest BCUT2D eigenvalue weighted by Crippen LogP contribution is 2.22. The molecular weight excluding hydrogens is 438 g/mol. The molecule has 0 saturated heterocycles. The van der Waals surface area contributed by atoms with Crippen LogP contribution in [0.4, 0.5) is 0 Å². The number of fused-ring (bicyclic) bond motifs is 1. The third-order valence-corrected chi connectivity index (χ3v) is 5.77. The van der Waals surface area contributed by atoms with E-state index in [1.54, 1.807) is 75.0 Å². The summed E-state index contributed by atoms with van der Waals surface area (Å²) < 4.78 is 6.72. The fraction of sp³-hybridized carbons (Fsp3) is 0.125. The van der Waals surface area contributed by atoms with Gasteiger partial charge in [0.05, 0.1) is 35.2 Å². The first-order valence-corrected chi connectivity index (χ1v) is 11.1. The van der Waals surface area contributed by atoms with E-state index in [0.29, 0.717) is 33.2 Å². The van der Waals surface area contributed by atoms with Gasteiger partial charge in [0.15, 0.2) is 5.16 Å². The van der Waals surface area contributed by atoms with Crippen LogP contribution in [-0.2, 0) is 4.79 Å². The van der Waals surface area contributed by atoms with Gasteiger partial charge in [-0.2, -0.15) is 5.10 Å². The molecule has 0 aliphatic rings. The van der Waals surface area contributed by atoms with Crippen LogP contribution in [0.1, 0.15) is 12.5 Å². The van der Waals surface area contributed by atoms with Crippen LogP contribution in [0.5, 0.6) is 5.75 Å². The molecule has 0 fully saturated rings. The van der Waals surface area contributed by atoms with Crippen LogP contribution < -0.4 is 15.7 Å². The first-order chi connectivity index (χ1) is 16.1. The van der Waals surface area contributed by atoms with E-state index >= 15 is 0 Å². The maximum absolute atomic E-state index is 13.3. The molecular formula is C24H21N5O3S. The molecule has 2 aromatic carbocycles. The molecule has 2 heterocycles. The second-order valence-corrected chi connectivity index (χ2v) is 7.96. The van der Waals surface area contributed by atoms with Crippen molar-refractivity contribution >= 4 is 34.3 Å². The summed E-state index contributed by atoms with van der Waals surface area (Å²) in [6.45, 7) is 1.79. The van der Waals surface area contributed by atoms with Crippen molar-refractivity contribution < 1.29 is 9.53 Å². The number of pyridine rings is 1. The number of amides is 1. The van der Waals surface area contributed by atoms with Crippen LogP contribution >= 0.6 is 11.8 Å². The summed E-state index contributed by atoms with van der Waals surface area (Å²) in [5.74, 6) is 0.396. The number of carbonyl (C=O) groups is 1. The molecule has 0 radical (unpaired) electrons. The SMILES string of the molecule is COc1ccc(-n2c(SCC(=O)N/N=C(/C)c3cccnc3)nc3ccccc3c2=O)cc1. The fourth-order valence-corrected chi connectivity index (χ4v) is 3.92. The van der Waals surface area contributed by atoms with Crippen LogP contribution in [0.2, 0.25) is 0 Å². The van der Waals surface area contributed by atoms with E-state index in [9.17, 15) is 9.59 Å². The van der Waals surface area contributed by atoms with Crippen molar-refractivity contribution in [3.05, 3.63) is 89.0 Å². The third-order valence-electron chi connectivity index (χ3n) is 4.84. The maximum Gasteiger partial charge on any atom is 0.266 e. The van der Waals surface area contributed by atoms with Crippen molar-refractivity contribution in [1.82, 2.24) is 20.0 Å². The normalized spacial score (nSPS) is 11.4. The summed E-state index contributed by atoms with van der Waals surface area (Å²) in [7, 11) is 1.58. The number of ether oxygens (including phenoxy) is 1. The van der Waals surface area contributed by atoms with Crippen molar-refractivity contribution in [2.24, 2.45) is 5.10 Å². The molecule has 1 N–H and O–H groups in total. The number of hydrogen-bond donors (Lipinski definition) is 1. The number of methoxy groups -OCH3 is 1. The Morgan fingerprint density at radius 1 is 1.12 bits per heavy atom. The van der Waals surface area contributed by atoms with Crippen LogP contribution in [0.15, 0.2) is 88.1 Å². The molecule has 0 bridgehead atoms. The van der Waals surface area contributed by atoms with Crippen molar-refractivity contribution in [3.8, 4) is 11.4 Å². The highest BCUT2D eigenvalue weighted by Gasteiger charge is 2.15. The average molecular weight is 460 g/mol. The van der Waals surface area contributed by atoms with E-state index in [-0.39, 0.29) is 17.2 Å². The van der Waals surface area contributed by atoms with Gasteiger partial charge in [0.25, 0.3) is 11.5 Å². The number of nitrogens with zero attached hydrogens (tertiary/aromatic N) is 4. The highest BCUT2D eigenvalue weighted by molar-refractivity contribution is 7.99. The lowest BCUT2D eigenvalue weighted by Crippen LogP contribution is -2.24. The summed E-state index contributed by atoms with van der Waals surface area (Å²) in [5.41, 5.74) is 4.99. The average Bonchev–Trinajstić information content (AvgIpc) is 2.87. The Bertz CT molecular complexity index is 1370. The van der Waals surface area contributed by atoms with Crippen molar-refractivity contribution in [2.75, 3.05) is 12.9 Å². The Hall–Kier alpha value is -3.98. The van der Waals surface area contributed by atoms with Gasteiger partial charge in [-0.25, -0.2) is 10.4 Å². The number of nitrogens with one attached hydrogen (secondary N) is 1. The van der Waals surface area contributed by atoms with Gasteiger partial charge in [-0.3, -0.25) is 19.1 Å². The summed E-state index contributed by atoms with van der Waals surface area (Å²) in [6.07, 6.45) is 3.34. The first kappa shape index (κ1) is 22.2. The van der Waals surface area contributed by atoms with Crippen molar-refractivity contribution in [3.63, 3.8) is 0 Å². The van der Waals surface area contributed by atoms with Gasteiger partial charge in [0, 0.05) is 18.0 Å². The third kappa shape index (κ3) is 5.09.